The Kier molecular flexibility index (Phi) is 8.96. The van der Waals surface area contributed by atoms with Crippen LogP contribution in [-0.2, 0) is 16.0 Å². The first-order valence-corrected chi connectivity index (χ1v) is 10.1. The second-order valence-corrected chi connectivity index (χ2v) is 7.57. The van der Waals surface area contributed by atoms with Crippen molar-refractivity contribution in [1.82, 2.24) is 16.2 Å². The number of hydrogen-bond donors (Lipinski definition) is 4. The fraction of sp³-hybridized carbons (Fsp3) is 0.273. The molecule has 7 nitrogen and oxygen atoms in total. The normalized spacial score (nSPS) is 10.2. The van der Waals surface area contributed by atoms with Gasteiger partial charge in [0.1, 0.15) is 0 Å². The van der Waals surface area contributed by atoms with E-state index in [1.54, 1.807) is 24.3 Å². The summed E-state index contributed by atoms with van der Waals surface area (Å²) in [5.74, 6) is -0.468. The second kappa shape index (κ2) is 11.7. The van der Waals surface area contributed by atoms with Gasteiger partial charge in [-0.15, -0.1) is 0 Å². The smallest absolute Gasteiger partial charge is 0.269 e. The third kappa shape index (κ3) is 8.40. The van der Waals surface area contributed by atoms with Gasteiger partial charge in [-0.25, -0.2) is 0 Å². The molecule has 0 saturated carbocycles. The van der Waals surface area contributed by atoms with Gasteiger partial charge in [0.25, 0.3) is 5.91 Å². The molecular weight excluding hydrogens is 400 g/mol. The molecule has 0 aliphatic carbocycles. The monoisotopic (exact) mass is 426 g/mol. The van der Waals surface area contributed by atoms with Crippen LogP contribution < -0.4 is 21.5 Å². The number of hydrazine groups is 1. The van der Waals surface area contributed by atoms with Crippen molar-refractivity contribution < 1.29 is 14.4 Å². The third-order valence-electron chi connectivity index (χ3n) is 4.05. The molecule has 2 aromatic rings. The van der Waals surface area contributed by atoms with Crippen molar-refractivity contribution in [3.05, 3.63) is 65.7 Å². The Labute approximate surface area is 181 Å². The van der Waals surface area contributed by atoms with Crippen LogP contribution >= 0.6 is 12.2 Å². The molecule has 0 unspecified atom stereocenters. The van der Waals surface area contributed by atoms with Gasteiger partial charge in [-0.2, -0.15) is 0 Å². The van der Waals surface area contributed by atoms with E-state index in [1.807, 2.05) is 44.2 Å². The zero-order chi connectivity index (χ0) is 21.9. The summed E-state index contributed by atoms with van der Waals surface area (Å²) in [5.41, 5.74) is 6.99. The van der Waals surface area contributed by atoms with E-state index in [2.05, 4.69) is 21.5 Å². The highest BCUT2D eigenvalue weighted by atomic mass is 32.1. The first-order valence-electron chi connectivity index (χ1n) is 9.67. The van der Waals surface area contributed by atoms with E-state index in [0.29, 0.717) is 24.1 Å². The molecule has 4 N–H and O–H groups in total. The highest BCUT2D eigenvalue weighted by Crippen LogP contribution is 2.11. The molecule has 0 aromatic heterocycles. The third-order valence-corrected chi connectivity index (χ3v) is 4.25. The number of nitrogens with one attached hydrogen (secondary N) is 4. The molecule has 0 radical (unpaired) electrons. The number of benzene rings is 2. The first-order chi connectivity index (χ1) is 14.3. The molecule has 30 heavy (non-hydrogen) atoms. The number of amides is 3. The van der Waals surface area contributed by atoms with Crippen molar-refractivity contribution in [3.63, 3.8) is 0 Å². The Morgan fingerprint density at radius 1 is 0.900 bits per heavy atom. The van der Waals surface area contributed by atoms with E-state index in [-0.39, 0.29) is 29.3 Å². The highest BCUT2D eigenvalue weighted by molar-refractivity contribution is 7.80. The average Bonchev–Trinajstić information content (AvgIpc) is 2.71. The molecule has 0 fully saturated rings. The van der Waals surface area contributed by atoms with Crippen molar-refractivity contribution in [1.29, 1.82) is 0 Å². The molecule has 0 heterocycles. The number of aryl methyl sites for hydroxylation is 1. The molecule has 0 aliphatic rings. The minimum absolute atomic E-state index is 0.0129. The maximum atomic E-state index is 12.2. The minimum Gasteiger partial charge on any atom is -0.326 e. The van der Waals surface area contributed by atoms with Gasteiger partial charge in [0, 0.05) is 24.1 Å². The molecule has 0 atom stereocenters. The summed E-state index contributed by atoms with van der Waals surface area (Å²) in [6, 6.07) is 16.1. The molecule has 0 aliphatic heterocycles. The van der Waals surface area contributed by atoms with Gasteiger partial charge < -0.3 is 10.6 Å². The lowest BCUT2D eigenvalue weighted by atomic mass is 10.1. The van der Waals surface area contributed by atoms with Crippen LogP contribution in [0.2, 0.25) is 0 Å². The number of anilines is 1. The SMILES string of the molecule is CC(C)CC(=O)Nc1ccc(C(=O)NNC(=S)NC(=O)CCc2ccccc2)cc1. The Bertz CT molecular complexity index is 883. The van der Waals surface area contributed by atoms with E-state index < -0.39 is 5.91 Å². The van der Waals surface area contributed by atoms with Crippen molar-refractivity contribution in [2.45, 2.75) is 33.1 Å². The largest absolute Gasteiger partial charge is 0.326 e. The molecule has 0 saturated heterocycles. The topological polar surface area (TPSA) is 99.3 Å². The van der Waals surface area contributed by atoms with Crippen molar-refractivity contribution >= 4 is 40.7 Å². The maximum absolute atomic E-state index is 12.2. The first kappa shape index (κ1) is 23.0. The van der Waals surface area contributed by atoms with Crippen LogP contribution in [0.1, 0.15) is 42.6 Å². The summed E-state index contributed by atoms with van der Waals surface area (Å²) in [7, 11) is 0. The Morgan fingerprint density at radius 3 is 2.20 bits per heavy atom. The van der Waals surface area contributed by atoms with Crippen LogP contribution in [0, 0.1) is 5.92 Å². The van der Waals surface area contributed by atoms with Gasteiger partial charge in [0.2, 0.25) is 11.8 Å². The predicted octanol–water partition coefficient (Wildman–Crippen LogP) is 2.94. The quantitative estimate of drug-likeness (QED) is 0.403. The molecule has 0 spiro atoms. The van der Waals surface area contributed by atoms with Crippen molar-refractivity contribution in [2.75, 3.05) is 5.32 Å². The molecule has 158 valence electrons. The lowest BCUT2D eigenvalue weighted by Crippen LogP contribution is -2.48. The standard InChI is InChI=1S/C22H26N4O3S/c1-15(2)14-20(28)23-18-11-9-17(10-12-18)21(29)25-26-22(30)24-19(27)13-8-16-6-4-3-5-7-16/h3-7,9-12,15H,8,13-14H2,1-2H3,(H,23,28)(H,25,29)(H2,24,26,27,30). The van der Waals surface area contributed by atoms with Crippen molar-refractivity contribution in [2.24, 2.45) is 5.92 Å². The summed E-state index contributed by atoms with van der Waals surface area (Å²) >= 11 is 5.03. The highest BCUT2D eigenvalue weighted by Gasteiger charge is 2.09. The van der Waals surface area contributed by atoms with Gasteiger partial charge in [0.15, 0.2) is 5.11 Å². The zero-order valence-corrected chi connectivity index (χ0v) is 17.8. The number of carbonyl (C=O) groups excluding carboxylic acids is 3. The minimum atomic E-state index is -0.420. The average molecular weight is 427 g/mol. The molecule has 2 rings (SSSR count). The van der Waals surface area contributed by atoms with Crippen LogP contribution in [0.4, 0.5) is 5.69 Å². The van der Waals surface area contributed by atoms with E-state index in [9.17, 15) is 14.4 Å². The maximum Gasteiger partial charge on any atom is 0.269 e. The van der Waals surface area contributed by atoms with Gasteiger partial charge in [0.05, 0.1) is 0 Å². The van der Waals surface area contributed by atoms with E-state index in [0.717, 1.165) is 5.56 Å². The summed E-state index contributed by atoms with van der Waals surface area (Å²) < 4.78 is 0. The second-order valence-electron chi connectivity index (χ2n) is 7.17. The van der Waals surface area contributed by atoms with Crippen molar-refractivity contribution in [3.8, 4) is 0 Å². The van der Waals surface area contributed by atoms with E-state index >= 15 is 0 Å². The van der Waals surface area contributed by atoms with Crippen LogP contribution in [-0.4, -0.2) is 22.8 Å². The molecule has 3 amide bonds. The van der Waals surface area contributed by atoms with Crippen LogP contribution in [0.5, 0.6) is 0 Å². The summed E-state index contributed by atoms with van der Waals surface area (Å²) in [6.45, 7) is 3.94. The van der Waals surface area contributed by atoms with E-state index in [1.165, 1.54) is 0 Å². The zero-order valence-electron chi connectivity index (χ0n) is 17.0. The molecule has 8 heteroatoms. The Hall–Kier alpha value is -3.26. The Balaban J connectivity index is 1.73. The lowest BCUT2D eigenvalue weighted by Gasteiger charge is -2.11. The summed E-state index contributed by atoms with van der Waals surface area (Å²) in [4.78, 5) is 35.9. The predicted molar refractivity (Wildman–Crippen MR) is 121 cm³/mol. The summed E-state index contributed by atoms with van der Waals surface area (Å²) in [6.07, 6.45) is 1.31. The number of hydrogen-bond acceptors (Lipinski definition) is 4. The molecule has 0 bridgehead atoms. The van der Waals surface area contributed by atoms with Gasteiger partial charge >= 0.3 is 0 Å². The van der Waals surface area contributed by atoms with Crippen LogP contribution in [0.15, 0.2) is 54.6 Å². The number of rotatable bonds is 7. The molecular formula is C22H26N4O3S. The number of thiocarbonyl (C=S) groups is 1. The van der Waals surface area contributed by atoms with E-state index in [4.69, 9.17) is 12.2 Å². The lowest BCUT2D eigenvalue weighted by molar-refractivity contribution is -0.119. The summed E-state index contributed by atoms with van der Waals surface area (Å²) in [5, 5.41) is 5.32. The van der Waals surface area contributed by atoms with Crippen LogP contribution in [0.25, 0.3) is 0 Å². The van der Waals surface area contributed by atoms with Crippen LogP contribution in [0.3, 0.4) is 0 Å². The fourth-order valence-electron chi connectivity index (χ4n) is 2.60. The number of carbonyl (C=O) groups is 3. The molecule has 2 aromatic carbocycles. The fourth-order valence-corrected chi connectivity index (χ4v) is 2.76. The Morgan fingerprint density at radius 2 is 1.57 bits per heavy atom. The van der Waals surface area contributed by atoms with Gasteiger partial charge in [-0.3, -0.25) is 25.2 Å². The van der Waals surface area contributed by atoms with Gasteiger partial charge in [-0.05, 0) is 54.4 Å². The van der Waals surface area contributed by atoms with Gasteiger partial charge in [-0.1, -0.05) is 44.2 Å².